The topological polar surface area (TPSA) is 81.2 Å². The number of benzene rings is 4. The highest BCUT2D eigenvalue weighted by molar-refractivity contribution is 6.24. The summed E-state index contributed by atoms with van der Waals surface area (Å²) in [5, 5.41) is 3.78. The van der Waals surface area contributed by atoms with Crippen LogP contribution in [0.25, 0.3) is 60.8 Å². The Labute approximate surface area is 247 Å². The Bertz CT molecular complexity index is 2270. The lowest BCUT2D eigenvalue weighted by molar-refractivity contribution is -0.129. The molecular weight excluding hydrogens is 536 g/mol. The molecule has 2 amide bonds. The lowest BCUT2D eigenvalue weighted by atomic mass is 9.70. The first kappa shape index (κ1) is 25.4. The molecule has 3 aromatic heterocycles. The summed E-state index contributed by atoms with van der Waals surface area (Å²) < 4.78 is 8.46. The number of imide groups is 1. The smallest absolute Gasteiger partial charge is 0.243 e. The maximum Gasteiger partial charge on any atom is 0.243 e. The van der Waals surface area contributed by atoms with Crippen molar-refractivity contribution >= 4 is 61.6 Å². The number of carbonyl (C=O) groups excluding carboxylic acids is 2. The summed E-state index contributed by atoms with van der Waals surface area (Å²) >= 11 is 0. The SMILES string of the molecule is CC1(C)C(=O)N(c2nc(-c3ccc4c(c3)c3ccccc3n4-c3ccccc3)c3c(n2)oc2ccccc23)C(=O)C1(C)C. The second-order valence-corrected chi connectivity index (χ2v) is 12.3. The van der Waals surface area contributed by atoms with Gasteiger partial charge in [0.25, 0.3) is 0 Å². The Hall–Kier alpha value is -5.30. The average Bonchev–Trinajstić information content (AvgIpc) is 3.59. The molecule has 1 aliphatic heterocycles. The molecule has 1 saturated heterocycles. The van der Waals surface area contributed by atoms with Crippen LogP contribution in [-0.4, -0.2) is 26.3 Å². The number of fused-ring (bicyclic) bond motifs is 6. The maximum absolute atomic E-state index is 13.7. The minimum atomic E-state index is -0.922. The van der Waals surface area contributed by atoms with E-state index in [-0.39, 0.29) is 17.8 Å². The fraction of sp³-hybridized carbons (Fsp3) is 0.167. The molecule has 8 rings (SSSR count). The third kappa shape index (κ3) is 3.36. The monoisotopic (exact) mass is 564 g/mol. The summed E-state index contributed by atoms with van der Waals surface area (Å²) in [6, 6.07) is 32.6. The molecule has 4 aromatic carbocycles. The number of aromatic nitrogens is 3. The van der Waals surface area contributed by atoms with Gasteiger partial charge in [0.2, 0.25) is 23.5 Å². The van der Waals surface area contributed by atoms with Gasteiger partial charge in [0, 0.05) is 27.4 Å². The number of carbonyl (C=O) groups is 2. The molecule has 0 radical (unpaired) electrons. The highest BCUT2D eigenvalue weighted by Gasteiger charge is 2.60. The maximum atomic E-state index is 13.7. The van der Waals surface area contributed by atoms with Gasteiger partial charge in [-0.15, -0.1) is 0 Å². The highest BCUT2D eigenvalue weighted by Crippen LogP contribution is 2.49. The van der Waals surface area contributed by atoms with Gasteiger partial charge in [0.1, 0.15) is 5.58 Å². The van der Waals surface area contributed by atoms with Crippen molar-refractivity contribution in [2.24, 2.45) is 10.8 Å². The number of rotatable bonds is 3. The van der Waals surface area contributed by atoms with Crippen LogP contribution < -0.4 is 4.90 Å². The van der Waals surface area contributed by atoms with Gasteiger partial charge in [-0.25, -0.2) is 9.88 Å². The van der Waals surface area contributed by atoms with Crippen molar-refractivity contribution in [2.75, 3.05) is 4.90 Å². The molecule has 7 aromatic rings. The Balaban J connectivity index is 1.42. The van der Waals surface area contributed by atoms with Crippen LogP contribution in [0.15, 0.2) is 101 Å². The van der Waals surface area contributed by atoms with E-state index in [1.54, 1.807) is 27.7 Å². The van der Waals surface area contributed by atoms with Crippen molar-refractivity contribution in [3.8, 4) is 16.9 Å². The van der Waals surface area contributed by atoms with Crippen molar-refractivity contribution in [2.45, 2.75) is 27.7 Å². The van der Waals surface area contributed by atoms with Crippen LogP contribution >= 0.6 is 0 Å². The Morgan fingerprint density at radius 2 is 1.28 bits per heavy atom. The molecule has 1 fully saturated rings. The number of anilines is 1. The molecule has 7 heteroatoms. The fourth-order valence-electron chi connectivity index (χ4n) is 6.26. The first-order chi connectivity index (χ1) is 20.7. The average molecular weight is 565 g/mol. The third-order valence-electron chi connectivity index (χ3n) is 9.43. The van der Waals surface area contributed by atoms with Gasteiger partial charge in [0.15, 0.2) is 0 Å². The van der Waals surface area contributed by atoms with Crippen molar-refractivity contribution in [3.63, 3.8) is 0 Å². The zero-order valence-electron chi connectivity index (χ0n) is 24.3. The van der Waals surface area contributed by atoms with Crippen molar-refractivity contribution < 1.29 is 14.0 Å². The molecule has 7 nitrogen and oxygen atoms in total. The van der Waals surface area contributed by atoms with Crippen molar-refractivity contribution in [1.29, 1.82) is 0 Å². The van der Waals surface area contributed by atoms with Crippen LogP contribution in [-0.2, 0) is 9.59 Å². The minimum absolute atomic E-state index is 0.0296. The van der Waals surface area contributed by atoms with Gasteiger partial charge in [-0.3, -0.25) is 9.59 Å². The largest absolute Gasteiger partial charge is 0.437 e. The van der Waals surface area contributed by atoms with E-state index in [1.165, 1.54) is 0 Å². The van der Waals surface area contributed by atoms with E-state index < -0.39 is 10.8 Å². The van der Waals surface area contributed by atoms with Crippen LogP contribution in [0.1, 0.15) is 27.7 Å². The molecule has 43 heavy (non-hydrogen) atoms. The number of amides is 2. The molecule has 210 valence electrons. The van der Waals surface area contributed by atoms with Gasteiger partial charge < -0.3 is 8.98 Å². The van der Waals surface area contributed by atoms with Crippen LogP contribution in [0.3, 0.4) is 0 Å². The molecule has 0 N–H and O–H groups in total. The van der Waals surface area contributed by atoms with E-state index in [0.717, 1.165) is 48.7 Å². The molecular formula is C36H28N4O3. The number of nitrogens with zero attached hydrogens (tertiary/aromatic N) is 4. The standard InChI is InChI=1S/C36H28N4O3/c1-35(2)32(41)40(33(42)36(35,3)4)34-37-30(29-24-15-9-11-17-28(24)43-31(29)38-34)21-18-19-27-25(20-21)23-14-8-10-16-26(23)39(27)22-12-6-5-7-13-22/h5-20H,1-4H3. The van der Waals surface area contributed by atoms with Gasteiger partial charge >= 0.3 is 0 Å². The van der Waals surface area contributed by atoms with Gasteiger partial charge in [-0.05, 0) is 64.1 Å². The molecule has 4 heterocycles. The first-order valence-electron chi connectivity index (χ1n) is 14.4. The lowest BCUT2D eigenvalue weighted by Crippen LogP contribution is -2.35. The van der Waals surface area contributed by atoms with Crippen LogP contribution in [0, 0.1) is 10.8 Å². The summed E-state index contributed by atoms with van der Waals surface area (Å²) in [7, 11) is 0. The van der Waals surface area contributed by atoms with Crippen LogP contribution in [0.4, 0.5) is 5.95 Å². The van der Waals surface area contributed by atoms with E-state index in [0.29, 0.717) is 17.0 Å². The predicted octanol–water partition coefficient (Wildman–Crippen LogP) is 8.07. The Morgan fingerprint density at radius 1 is 0.651 bits per heavy atom. The van der Waals surface area contributed by atoms with E-state index >= 15 is 0 Å². The van der Waals surface area contributed by atoms with E-state index in [4.69, 9.17) is 9.40 Å². The molecule has 0 saturated carbocycles. The number of hydrogen-bond acceptors (Lipinski definition) is 5. The normalized spacial score (nSPS) is 16.3. The molecule has 0 aliphatic carbocycles. The van der Waals surface area contributed by atoms with Gasteiger partial charge in [0.05, 0.1) is 32.9 Å². The number of para-hydroxylation sites is 3. The summed E-state index contributed by atoms with van der Waals surface area (Å²) in [5.41, 5.74) is 3.82. The predicted molar refractivity (Wildman–Crippen MR) is 169 cm³/mol. The van der Waals surface area contributed by atoms with Gasteiger partial charge in [-0.2, -0.15) is 4.98 Å². The second-order valence-electron chi connectivity index (χ2n) is 12.3. The molecule has 1 aliphatic rings. The summed E-state index contributed by atoms with van der Waals surface area (Å²) in [6.07, 6.45) is 0. The minimum Gasteiger partial charge on any atom is -0.437 e. The molecule has 0 bridgehead atoms. The summed E-state index contributed by atoms with van der Waals surface area (Å²) in [5.74, 6) is -0.627. The quantitative estimate of drug-likeness (QED) is 0.203. The molecule has 0 unspecified atom stereocenters. The zero-order chi connectivity index (χ0) is 29.7. The third-order valence-corrected chi connectivity index (χ3v) is 9.43. The zero-order valence-corrected chi connectivity index (χ0v) is 24.3. The number of furan rings is 1. The van der Waals surface area contributed by atoms with Crippen molar-refractivity contribution in [3.05, 3.63) is 97.1 Å². The number of hydrogen-bond donors (Lipinski definition) is 0. The summed E-state index contributed by atoms with van der Waals surface area (Å²) in [6.45, 7) is 7.18. The van der Waals surface area contributed by atoms with E-state index in [2.05, 4.69) is 45.9 Å². The summed E-state index contributed by atoms with van der Waals surface area (Å²) in [4.78, 5) is 38.1. The first-order valence-corrected chi connectivity index (χ1v) is 14.4. The Morgan fingerprint density at radius 3 is 2.02 bits per heavy atom. The van der Waals surface area contributed by atoms with Crippen molar-refractivity contribution in [1.82, 2.24) is 14.5 Å². The van der Waals surface area contributed by atoms with Crippen LogP contribution in [0.5, 0.6) is 0 Å². The Kier molecular flexibility index (Phi) is 5.09. The van der Waals surface area contributed by atoms with E-state index in [9.17, 15) is 9.59 Å². The van der Waals surface area contributed by atoms with Gasteiger partial charge in [-0.1, -0.05) is 60.7 Å². The molecule has 0 atom stereocenters. The fourth-order valence-corrected chi connectivity index (χ4v) is 6.26. The van der Waals surface area contributed by atoms with E-state index in [1.807, 2.05) is 60.7 Å². The highest BCUT2D eigenvalue weighted by atomic mass is 16.3. The second kappa shape index (κ2) is 8.61. The van der Waals surface area contributed by atoms with Crippen LogP contribution in [0.2, 0.25) is 0 Å². The lowest BCUT2D eigenvalue weighted by Gasteiger charge is -2.28. The molecule has 0 spiro atoms.